The molecule has 2 saturated heterocycles. The molecule has 0 radical (unpaired) electrons. The van der Waals surface area contributed by atoms with Crippen LogP contribution in [0, 0.1) is 5.82 Å². The molecule has 2 fully saturated rings. The number of carbonyl (C=O) groups is 1. The highest BCUT2D eigenvalue weighted by Gasteiger charge is 2.32. The van der Waals surface area contributed by atoms with Crippen LogP contribution in [0.2, 0.25) is 0 Å². The summed E-state index contributed by atoms with van der Waals surface area (Å²) in [5.41, 5.74) is 3.00. The van der Waals surface area contributed by atoms with E-state index in [2.05, 4.69) is 28.2 Å². The molecule has 5 heterocycles. The quantitative estimate of drug-likeness (QED) is 0.581. The molecule has 9 heteroatoms. The van der Waals surface area contributed by atoms with E-state index in [1.54, 1.807) is 6.07 Å². The van der Waals surface area contributed by atoms with Crippen LogP contribution in [0.5, 0.6) is 0 Å². The number of nitrogens with zero attached hydrogens (tertiary/aromatic N) is 6. The highest BCUT2D eigenvalue weighted by molar-refractivity contribution is 5.96. The molecule has 0 unspecified atom stereocenters. The first-order chi connectivity index (χ1) is 17.1. The zero-order valence-corrected chi connectivity index (χ0v) is 20.2. The Bertz CT molecular complexity index is 1250. The highest BCUT2D eigenvalue weighted by Crippen LogP contribution is 2.34. The van der Waals surface area contributed by atoms with E-state index in [0.29, 0.717) is 18.5 Å². The Morgan fingerprint density at radius 2 is 1.91 bits per heavy atom. The first-order valence-electron chi connectivity index (χ1n) is 12.8. The fourth-order valence-electron chi connectivity index (χ4n) is 5.42. The Kier molecular flexibility index (Phi) is 5.80. The summed E-state index contributed by atoms with van der Waals surface area (Å²) < 4.78 is 16.2. The number of halogens is 1. The van der Waals surface area contributed by atoms with Gasteiger partial charge in [0.15, 0.2) is 5.65 Å². The van der Waals surface area contributed by atoms with Gasteiger partial charge in [-0.05, 0) is 56.3 Å². The van der Waals surface area contributed by atoms with Gasteiger partial charge in [0.1, 0.15) is 17.5 Å². The lowest BCUT2D eigenvalue weighted by atomic mass is 9.96. The van der Waals surface area contributed by atoms with Gasteiger partial charge in [-0.2, -0.15) is 9.61 Å². The van der Waals surface area contributed by atoms with E-state index in [1.165, 1.54) is 18.6 Å². The van der Waals surface area contributed by atoms with Crippen molar-refractivity contribution in [1.82, 2.24) is 24.8 Å². The Hall–Kier alpha value is -3.20. The molecular formula is C26H32FN7O. The monoisotopic (exact) mass is 477 g/mol. The fraction of sp³-hybridized carbons (Fsp3) is 0.500. The van der Waals surface area contributed by atoms with Crippen molar-refractivity contribution in [2.24, 2.45) is 0 Å². The summed E-state index contributed by atoms with van der Waals surface area (Å²) in [5.74, 6) is 1.49. The molecule has 8 nitrogen and oxygen atoms in total. The summed E-state index contributed by atoms with van der Waals surface area (Å²) in [6.45, 7) is 5.00. The van der Waals surface area contributed by atoms with E-state index in [4.69, 9.17) is 10.1 Å². The van der Waals surface area contributed by atoms with E-state index in [9.17, 15) is 9.18 Å². The maximum absolute atomic E-state index is 14.2. The van der Waals surface area contributed by atoms with Crippen LogP contribution in [0.1, 0.15) is 53.3 Å². The van der Waals surface area contributed by atoms with Crippen molar-refractivity contribution in [3.05, 3.63) is 53.0 Å². The van der Waals surface area contributed by atoms with Gasteiger partial charge < -0.3 is 20.0 Å². The van der Waals surface area contributed by atoms with E-state index in [-0.39, 0.29) is 17.8 Å². The van der Waals surface area contributed by atoms with Crippen molar-refractivity contribution in [2.75, 3.05) is 56.1 Å². The number of nitrogens with one attached hydrogen (secondary N) is 1. The Labute approximate surface area is 204 Å². The molecule has 0 aliphatic carbocycles. The number of fused-ring (bicyclic) bond motifs is 4. The molecule has 3 aliphatic heterocycles. The number of hydrogen-bond donors (Lipinski definition) is 1. The van der Waals surface area contributed by atoms with E-state index >= 15 is 0 Å². The summed E-state index contributed by atoms with van der Waals surface area (Å²) in [6.07, 6.45) is 4.67. The first-order valence-corrected chi connectivity index (χ1v) is 12.8. The molecule has 6 rings (SSSR count). The van der Waals surface area contributed by atoms with Crippen LogP contribution in [0.15, 0.2) is 30.3 Å². The molecule has 3 aliphatic rings. The van der Waals surface area contributed by atoms with Crippen molar-refractivity contribution in [1.29, 1.82) is 0 Å². The zero-order valence-electron chi connectivity index (χ0n) is 20.2. The number of piperidine rings is 1. The van der Waals surface area contributed by atoms with Crippen molar-refractivity contribution in [3.63, 3.8) is 0 Å². The Balaban J connectivity index is 1.47. The predicted octanol–water partition coefficient (Wildman–Crippen LogP) is 3.03. The number of amides is 1. The maximum atomic E-state index is 14.2. The molecule has 3 aromatic rings. The summed E-state index contributed by atoms with van der Waals surface area (Å²) >= 11 is 0. The van der Waals surface area contributed by atoms with Gasteiger partial charge >= 0.3 is 0 Å². The smallest absolute Gasteiger partial charge is 0.254 e. The van der Waals surface area contributed by atoms with Crippen molar-refractivity contribution in [3.8, 4) is 0 Å². The molecule has 1 atom stereocenters. The minimum Gasteiger partial charge on any atom is -0.358 e. The molecule has 184 valence electrons. The average molecular weight is 478 g/mol. The van der Waals surface area contributed by atoms with Crippen LogP contribution in [0.25, 0.3) is 5.65 Å². The minimum atomic E-state index is -0.377. The van der Waals surface area contributed by atoms with E-state index in [1.807, 2.05) is 15.5 Å². The first kappa shape index (κ1) is 22.3. The molecule has 2 aromatic heterocycles. The van der Waals surface area contributed by atoms with Gasteiger partial charge in [-0.1, -0.05) is 6.07 Å². The van der Waals surface area contributed by atoms with Crippen molar-refractivity contribution < 1.29 is 9.18 Å². The van der Waals surface area contributed by atoms with Crippen LogP contribution >= 0.6 is 0 Å². The second-order valence-electron chi connectivity index (χ2n) is 9.89. The lowest BCUT2D eigenvalue weighted by Gasteiger charge is -2.35. The fourth-order valence-corrected chi connectivity index (χ4v) is 5.42. The summed E-state index contributed by atoms with van der Waals surface area (Å²) in [4.78, 5) is 25.1. The summed E-state index contributed by atoms with van der Waals surface area (Å²) in [5, 5.41) is 8.49. The SMILES string of the molecule is CN1CCNCCc2ccc(F)cc2C(=O)N2CCCC[C@H]2c2cc3nc(N4CCC4)cc1n3n2. The third-order valence-electron chi connectivity index (χ3n) is 7.59. The zero-order chi connectivity index (χ0) is 23.9. The number of anilines is 2. The molecule has 0 saturated carbocycles. The van der Waals surface area contributed by atoms with Gasteiger partial charge in [0, 0.05) is 57.5 Å². The minimum absolute atomic E-state index is 0.109. The second-order valence-corrected chi connectivity index (χ2v) is 9.89. The number of rotatable bonds is 1. The molecule has 2 bridgehead atoms. The number of carbonyl (C=O) groups excluding carboxylic acids is 1. The van der Waals surface area contributed by atoms with Gasteiger partial charge in [-0.3, -0.25) is 4.79 Å². The van der Waals surface area contributed by atoms with Crippen LogP contribution in [-0.4, -0.2) is 71.7 Å². The third kappa shape index (κ3) is 4.11. The van der Waals surface area contributed by atoms with E-state index in [0.717, 1.165) is 80.5 Å². The van der Waals surface area contributed by atoms with Gasteiger partial charge in [0.2, 0.25) is 0 Å². The van der Waals surface area contributed by atoms with Crippen LogP contribution in [0.4, 0.5) is 16.0 Å². The molecule has 1 amide bonds. The predicted molar refractivity (Wildman–Crippen MR) is 134 cm³/mol. The molecular weight excluding hydrogens is 445 g/mol. The Morgan fingerprint density at radius 1 is 1.03 bits per heavy atom. The maximum Gasteiger partial charge on any atom is 0.254 e. The normalized spacial score (nSPS) is 21.4. The lowest BCUT2D eigenvalue weighted by Crippen LogP contribution is -2.39. The topological polar surface area (TPSA) is 69.0 Å². The average Bonchev–Trinajstić information content (AvgIpc) is 3.26. The molecule has 35 heavy (non-hydrogen) atoms. The van der Waals surface area contributed by atoms with Gasteiger partial charge in [0.05, 0.1) is 11.7 Å². The molecule has 0 spiro atoms. The highest BCUT2D eigenvalue weighted by atomic mass is 19.1. The largest absolute Gasteiger partial charge is 0.358 e. The molecule has 1 N–H and O–H groups in total. The molecule has 1 aromatic carbocycles. The summed E-state index contributed by atoms with van der Waals surface area (Å²) in [6, 6.07) is 8.62. The van der Waals surface area contributed by atoms with Gasteiger partial charge in [-0.25, -0.2) is 9.37 Å². The lowest BCUT2D eigenvalue weighted by molar-refractivity contribution is 0.0604. The Morgan fingerprint density at radius 3 is 2.74 bits per heavy atom. The second kappa shape index (κ2) is 9.11. The number of likely N-dealkylation sites (N-methyl/N-ethyl adjacent to an activating group) is 1. The number of hydrogen-bond acceptors (Lipinski definition) is 6. The summed E-state index contributed by atoms with van der Waals surface area (Å²) in [7, 11) is 2.09. The van der Waals surface area contributed by atoms with Crippen LogP contribution < -0.4 is 15.1 Å². The van der Waals surface area contributed by atoms with Crippen LogP contribution in [-0.2, 0) is 6.42 Å². The third-order valence-corrected chi connectivity index (χ3v) is 7.59. The number of aromatic nitrogens is 3. The van der Waals surface area contributed by atoms with Gasteiger partial charge in [0.25, 0.3) is 5.91 Å². The number of benzene rings is 1. The van der Waals surface area contributed by atoms with E-state index < -0.39 is 0 Å². The standard InChI is InChI=1S/C26H32FN7O/c1-31-14-10-28-9-8-18-6-7-19(27)15-20(18)26(35)33-13-3-2-5-22(33)21-16-24-29-23(32-11-4-12-32)17-25(31)34(24)30-21/h6-7,15-17,22,28H,2-5,8-14H2,1H3/t22-/m0/s1. The van der Waals surface area contributed by atoms with Crippen molar-refractivity contribution >= 4 is 23.2 Å². The van der Waals surface area contributed by atoms with Gasteiger partial charge in [-0.15, -0.1) is 0 Å². The van der Waals surface area contributed by atoms with Crippen LogP contribution in [0.3, 0.4) is 0 Å². The van der Waals surface area contributed by atoms with Crippen molar-refractivity contribution in [2.45, 2.75) is 38.1 Å².